The third kappa shape index (κ3) is 2.97. The van der Waals surface area contributed by atoms with Gasteiger partial charge in [0.05, 0.1) is 12.6 Å². The second-order valence-electron chi connectivity index (χ2n) is 4.56. The van der Waals surface area contributed by atoms with Crippen LogP contribution >= 0.6 is 0 Å². The number of ether oxygens (including phenoxy) is 1. The molecule has 0 spiro atoms. The third-order valence-electron chi connectivity index (χ3n) is 3.21. The van der Waals surface area contributed by atoms with E-state index in [-0.39, 0.29) is 11.8 Å². The summed E-state index contributed by atoms with van der Waals surface area (Å²) in [5.74, 6) is 0.433. The molecule has 5 heteroatoms. The van der Waals surface area contributed by atoms with Gasteiger partial charge in [0.15, 0.2) is 5.82 Å². The Balaban J connectivity index is 2.01. The van der Waals surface area contributed by atoms with Crippen LogP contribution in [0.5, 0.6) is 0 Å². The number of aryl methyl sites for hydroxylation is 1. The molecule has 17 heavy (non-hydrogen) atoms. The molecule has 1 unspecified atom stereocenters. The lowest BCUT2D eigenvalue weighted by atomic mass is 10.1. The lowest BCUT2D eigenvalue weighted by Crippen LogP contribution is -2.25. The summed E-state index contributed by atoms with van der Waals surface area (Å²) < 4.78 is 12.0. The van der Waals surface area contributed by atoms with Crippen LogP contribution in [0.1, 0.15) is 50.9 Å². The van der Waals surface area contributed by atoms with Crippen molar-refractivity contribution in [3.8, 4) is 0 Å². The molecule has 1 aromatic heterocycles. The largest absolute Gasteiger partial charge is 0.441 e. The minimum Gasteiger partial charge on any atom is -0.379 e. The number of rotatable bonds is 5. The van der Waals surface area contributed by atoms with E-state index in [0.29, 0.717) is 6.61 Å². The Labute approximate surface area is 101 Å². The number of hydrogen-bond acceptors (Lipinski definition) is 4. The molecule has 0 radical (unpaired) electrons. The van der Waals surface area contributed by atoms with Crippen LogP contribution in [-0.2, 0) is 11.2 Å². The molecule has 2 heterocycles. The first kappa shape index (κ1) is 12.4. The van der Waals surface area contributed by atoms with Gasteiger partial charge in [-0.25, -0.2) is 4.79 Å². The van der Waals surface area contributed by atoms with Crippen molar-refractivity contribution in [2.75, 3.05) is 13.2 Å². The molecule has 0 fully saturated rings. The number of aromatic nitrogens is 2. The molecule has 0 aromatic carbocycles. The average Bonchev–Trinajstić information content (AvgIpc) is 2.59. The Morgan fingerprint density at radius 3 is 3.24 bits per heavy atom. The van der Waals surface area contributed by atoms with Crippen LogP contribution in [0.3, 0.4) is 0 Å². The van der Waals surface area contributed by atoms with Gasteiger partial charge in [-0.1, -0.05) is 24.9 Å². The van der Waals surface area contributed by atoms with E-state index in [4.69, 9.17) is 9.26 Å². The second kappa shape index (κ2) is 6.00. The van der Waals surface area contributed by atoms with Crippen molar-refractivity contribution >= 4 is 0 Å². The highest BCUT2D eigenvalue weighted by Crippen LogP contribution is 2.21. The number of fused-ring (bicyclic) bond motifs is 1. The second-order valence-corrected chi connectivity index (χ2v) is 4.56. The van der Waals surface area contributed by atoms with Gasteiger partial charge in [0.2, 0.25) is 0 Å². The summed E-state index contributed by atoms with van der Waals surface area (Å²) in [5.41, 5.74) is 0. The van der Waals surface area contributed by atoms with E-state index in [1.54, 1.807) is 4.57 Å². The SMILES string of the molecule is CCCCOCC1CCCCc2noc(=O)n21. The minimum absolute atomic E-state index is 0.100. The molecule has 5 nitrogen and oxygen atoms in total. The Morgan fingerprint density at radius 1 is 1.53 bits per heavy atom. The smallest absolute Gasteiger partial charge is 0.379 e. The molecule has 1 aromatic rings. The number of unbranched alkanes of at least 4 members (excludes halogenated alkanes) is 1. The minimum atomic E-state index is -0.342. The molecular formula is C12H20N2O3. The zero-order chi connectivity index (χ0) is 12.1. The molecule has 0 N–H and O–H groups in total. The van der Waals surface area contributed by atoms with Gasteiger partial charge in [-0.2, -0.15) is 0 Å². The maximum Gasteiger partial charge on any atom is 0.441 e. The van der Waals surface area contributed by atoms with Crippen LogP contribution in [0.15, 0.2) is 9.32 Å². The Morgan fingerprint density at radius 2 is 2.41 bits per heavy atom. The molecule has 2 rings (SSSR count). The van der Waals surface area contributed by atoms with Crippen molar-refractivity contribution in [2.45, 2.75) is 51.5 Å². The van der Waals surface area contributed by atoms with E-state index in [2.05, 4.69) is 12.1 Å². The van der Waals surface area contributed by atoms with Crippen LogP contribution in [0.25, 0.3) is 0 Å². The van der Waals surface area contributed by atoms with E-state index in [9.17, 15) is 4.79 Å². The lowest BCUT2D eigenvalue weighted by Gasteiger charge is -2.15. The van der Waals surface area contributed by atoms with Gasteiger partial charge in [-0.15, -0.1) is 0 Å². The van der Waals surface area contributed by atoms with Crippen LogP contribution in [-0.4, -0.2) is 22.9 Å². The van der Waals surface area contributed by atoms with Gasteiger partial charge < -0.3 is 4.74 Å². The monoisotopic (exact) mass is 240 g/mol. The Bertz CT molecular complexity index is 397. The van der Waals surface area contributed by atoms with Gasteiger partial charge in [-0.05, 0) is 19.3 Å². The Hall–Kier alpha value is -1.10. The highest BCUT2D eigenvalue weighted by atomic mass is 16.5. The van der Waals surface area contributed by atoms with Gasteiger partial charge in [-0.3, -0.25) is 9.09 Å². The van der Waals surface area contributed by atoms with Crippen molar-refractivity contribution in [1.29, 1.82) is 0 Å². The molecule has 0 aliphatic carbocycles. The highest BCUT2D eigenvalue weighted by Gasteiger charge is 2.22. The van der Waals surface area contributed by atoms with Crippen LogP contribution < -0.4 is 5.76 Å². The summed E-state index contributed by atoms with van der Waals surface area (Å²) >= 11 is 0. The molecule has 0 saturated heterocycles. The topological polar surface area (TPSA) is 57.3 Å². The normalized spacial score (nSPS) is 19.9. The van der Waals surface area contributed by atoms with Gasteiger partial charge in [0, 0.05) is 13.0 Å². The van der Waals surface area contributed by atoms with Crippen molar-refractivity contribution in [3.05, 3.63) is 16.4 Å². The molecule has 1 aliphatic heterocycles. The van der Waals surface area contributed by atoms with E-state index in [1.807, 2.05) is 0 Å². The summed E-state index contributed by atoms with van der Waals surface area (Å²) in [5, 5.41) is 3.83. The fraction of sp³-hybridized carbons (Fsp3) is 0.833. The summed E-state index contributed by atoms with van der Waals surface area (Å²) in [7, 11) is 0. The lowest BCUT2D eigenvalue weighted by molar-refractivity contribution is 0.0947. The number of hydrogen-bond donors (Lipinski definition) is 0. The first-order valence-electron chi connectivity index (χ1n) is 6.47. The molecule has 0 saturated carbocycles. The average molecular weight is 240 g/mol. The third-order valence-corrected chi connectivity index (χ3v) is 3.21. The quantitative estimate of drug-likeness (QED) is 0.738. The van der Waals surface area contributed by atoms with Crippen LogP contribution in [0.2, 0.25) is 0 Å². The zero-order valence-corrected chi connectivity index (χ0v) is 10.4. The molecule has 1 atom stereocenters. The first-order valence-corrected chi connectivity index (χ1v) is 6.47. The van der Waals surface area contributed by atoms with Crippen LogP contribution in [0.4, 0.5) is 0 Å². The molecular weight excluding hydrogens is 220 g/mol. The van der Waals surface area contributed by atoms with E-state index in [1.165, 1.54) is 0 Å². The maximum absolute atomic E-state index is 11.6. The van der Waals surface area contributed by atoms with E-state index >= 15 is 0 Å². The number of nitrogens with zero attached hydrogens (tertiary/aromatic N) is 2. The molecule has 1 aliphatic rings. The zero-order valence-electron chi connectivity index (χ0n) is 10.4. The van der Waals surface area contributed by atoms with Gasteiger partial charge >= 0.3 is 5.76 Å². The van der Waals surface area contributed by atoms with Gasteiger partial charge in [0.25, 0.3) is 0 Å². The van der Waals surface area contributed by atoms with Crippen LogP contribution in [0, 0.1) is 0 Å². The van der Waals surface area contributed by atoms with E-state index in [0.717, 1.165) is 51.0 Å². The first-order chi connectivity index (χ1) is 8.33. The van der Waals surface area contributed by atoms with Crippen molar-refractivity contribution in [2.24, 2.45) is 0 Å². The maximum atomic E-state index is 11.6. The summed E-state index contributed by atoms with van der Waals surface area (Å²) in [4.78, 5) is 11.6. The van der Waals surface area contributed by atoms with Gasteiger partial charge in [0.1, 0.15) is 0 Å². The van der Waals surface area contributed by atoms with Crippen molar-refractivity contribution in [1.82, 2.24) is 9.72 Å². The standard InChI is InChI=1S/C12H20N2O3/c1-2-3-8-16-9-10-6-4-5-7-11-13-17-12(15)14(10)11/h10H,2-9H2,1H3. The molecule has 0 bridgehead atoms. The molecule has 0 amide bonds. The predicted octanol–water partition coefficient (Wildman–Crippen LogP) is 1.92. The summed E-state index contributed by atoms with van der Waals surface area (Å²) in [6.07, 6.45) is 6.18. The fourth-order valence-corrected chi connectivity index (χ4v) is 2.23. The van der Waals surface area contributed by atoms with E-state index < -0.39 is 0 Å². The summed E-state index contributed by atoms with van der Waals surface area (Å²) in [6, 6.07) is 0.100. The predicted molar refractivity (Wildman–Crippen MR) is 63.1 cm³/mol. The van der Waals surface area contributed by atoms with Crippen molar-refractivity contribution < 1.29 is 9.26 Å². The Kier molecular flexibility index (Phi) is 4.36. The molecule has 96 valence electrons. The highest BCUT2D eigenvalue weighted by molar-refractivity contribution is 4.91. The fourth-order valence-electron chi connectivity index (χ4n) is 2.23. The summed E-state index contributed by atoms with van der Waals surface area (Å²) in [6.45, 7) is 3.49. The van der Waals surface area contributed by atoms with Crippen molar-refractivity contribution in [3.63, 3.8) is 0 Å².